The molecule has 0 aliphatic rings. The number of aromatic nitrogens is 1. The van der Waals surface area contributed by atoms with Gasteiger partial charge in [-0.1, -0.05) is 128 Å². The number of rotatable bonds is 24. The van der Waals surface area contributed by atoms with Crippen molar-refractivity contribution in [3.05, 3.63) is 78.0 Å². The number of unbranched alkanes of at least 4 members (excludes halogenated alkanes) is 14. The van der Waals surface area contributed by atoms with Gasteiger partial charge < -0.3 is 14.2 Å². The van der Waals surface area contributed by atoms with Gasteiger partial charge in [0, 0.05) is 12.3 Å². The minimum absolute atomic E-state index is 0.0940. The Morgan fingerprint density at radius 2 is 1.12 bits per heavy atom. The third-order valence-electron chi connectivity index (χ3n) is 8.68. The lowest BCUT2D eigenvalue weighted by Crippen LogP contribution is -2.33. The van der Waals surface area contributed by atoms with Crippen LogP contribution < -0.4 is 9.47 Å². The molecule has 3 rings (SSSR count). The van der Waals surface area contributed by atoms with Crippen LogP contribution in [0.15, 0.2) is 66.9 Å². The number of hydrogen-bond donors (Lipinski definition) is 0. The molecule has 0 aliphatic carbocycles. The zero-order valence-electron chi connectivity index (χ0n) is 29.8. The molecule has 1 heterocycles. The first kappa shape index (κ1) is 40.5. The molecule has 50 heavy (non-hydrogen) atoms. The Morgan fingerprint density at radius 3 is 1.64 bits per heavy atom. The van der Waals surface area contributed by atoms with Gasteiger partial charge in [-0.25, -0.2) is 14.6 Å². The molecule has 6 nitrogen and oxygen atoms in total. The van der Waals surface area contributed by atoms with E-state index in [0.717, 1.165) is 55.2 Å². The van der Waals surface area contributed by atoms with Gasteiger partial charge in [-0.2, -0.15) is 13.2 Å². The minimum Gasteiger partial charge on any atom is -0.494 e. The summed E-state index contributed by atoms with van der Waals surface area (Å²) in [6.45, 7) is 5.01. The zero-order valence-corrected chi connectivity index (χ0v) is 29.8. The Kier molecular flexibility index (Phi) is 18.5. The number of benzene rings is 2. The van der Waals surface area contributed by atoms with Gasteiger partial charge in [-0.3, -0.25) is 0 Å². The molecule has 0 bridgehead atoms. The van der Waals surface area contributed by atoms with E-state index in [0.29, 0.717) is 19.4 Å². The summed E-state index contributed by atoms with van der Waals surface area (Å²) in [7, 11) is 0. The van der Waals surface area contributed by atoms with E-state index in [4.69, 9.17) is 14.2 Å². The fourth-order valence-electron chi connectivity index (χ4n) is 5.63. The molecule has 0 amide bonds. The van der Waals surface area contributed by atoms with Crippen LogP contribution in [0.4, 0.5) is 13.2 Å². The molecule has 2 aromatic carbocycles. The van der Waals surface area contributed by atoms with Gasteiger partial charge in [-0.05, 0) is 60.7 Å². The molecule has 0 aliphatic heterocycles. The second-order valence-corrected chi connectivity index (χ2v) is 12.9. The van der Waals surface area contributed by atoms with Crippen LogP contribution in [0.1, 0.15) is 144 Å². The van der Waals surface area contributed by atoms with Crippen LogP contribution in [0.5, 0.6) is 11.6 Å². The Morgan fingerprint density at radius 1 is 0.620 bits per heavy atom. The highest BCUT2D eigenvalue weighted by atomic mass is 19.4. The van der Waals surface area contributed by atoms with Crippen LogP contribution in [0.3, 0.4) is 0 Å². The van der Waals surface area contributed by atoms with Crippen molar-refractivity contribution in [1.29, 1.82) is 0 Å². The maximum Gasteiger partial charge on any atom is 0.425 e. The Balaban J connectivity index is 1.40. The molecule has 0 saturated heterocycles. The van der Waals surface area contributed by atoms with E-state index in [2.05, 4.69) is 18.8 Å². The van der Waals surface area contributed by atoms with Crippen molar-refractivity contribution < 1.29 is 37.0 Å². The van der Waals surface area contributed by atoms with Crippen molar-refractivity contribution in [1.82, 2.24) is 4.98 Å². The van der Waals surface area contributed by atoms with Crippen molar-refractivity contribution >= 4 is 11.9 Å². The number of ether oxygens (including phenoxy) is 3. The number of halogens is 3. The fourth-order valence-corrected chi connectivity index (χ4v) is 5.63. The van der Waals surface area contributed by atoms with Crippen LogP contribution >= 0.6 is 0 Å². The maximum absolute atomic E-state index is 13.5. The van der Waals surface area contributed by atoms with E-state index >= 15 is 0 Å². The SMILES string of the molecule is CCCCCCCCCCCCOc1ccc(-c2ccc(C(=O)Oc3ccc(C(=O)O[C@@H](CCCCCCCC)C(F)(F)F)cn3)cc2)cc1. The average molecular weight is 698 g/mol. The molecule has 274 valence electrons. The largest absolute Gasteiger partial charge is 0.494 e. The summed E-state index contributed by atoms with van der Waals surface area (Å²) in [4.78, 5) is 29.1. The van der Waals surface area contributed by atoms with E-state index in [1.54, 1.807) is 12.1 Å². The molecule has 0 radical (unpaired) electrons. The lowest BCUT2D eigenvalue weighted by atomic mass is 10.0. The number of carbonyl (C=O) groups excluding carboxylic acids is 2. The molecule has 3 aromatic rings. The van der Waals surface area contributed by atoms with Gasteiger partial charge >= 0.3 is 18.1 Å². The highest BCUT2D eigenvalue weighted by Crippen LogP contribution is 2.29. The molecular weight excluding hydrogens is 643 g/mol. The summed E-state index contributed by atoms with van der Waals surface area (Å²) in [6.07, 6.45) is 11.6. The van der Waals surface area contributed by atoms with E-state index in [1.807, 2.05) is 36.4 Å². The minimum atomic E-state index is -4.67. The fraction of sp³-hybridized carbons (Fsp3) is 0.537. The van der Waals surface area contributed by atoms with Crippen molar-refractivity contribution in [3.63, 3.8) is 0 Å². The predicted octanol–water partition coefficient (Wildman–Crippen LogP) is 12.1. The molecule has 1 atom stereocenters. The molecule has 1 aromatic heterocycles. The van der Waals surface area contributed by atoms with Gasteiger partial charge in [0.1, 0.15) is 5.75 Å². The number of carbonyl (C=O) groups is 2. The molecule has 0 N–H and O–H groups in total. The van der Waals surface area contributed by atoms with Gasteiger partial charge in [0.25, 0.3) is 0 Å². The Labute approximate surface area is 296 Å². The maximum atomic E-state index is 13.5. The summed E-state index contributed by atoms with van der Waals surface area (Å²) < 4.78 is 56.5. The van der Waals surface area contributed by atoms with Gasteiger partial charge in [-0.15, -0.1) is 0 Å². The highest BCUT2D eigenvalue weighted by molar-refractivity contribution is 5.92. The van der Waals surface area contributed by atoms with E-state index < -0.39 is 24.2 Å². The molecule has 0 fully saturated rings. The van der Waals surface area contributed by atoms with Crippen molar-refractivity contribution in [2.45, 2.75) is 135 Å². The van der Waals surface area contributed by atoms with Crippen molar-refractivity contribution in [2.24, 2.45) is 0 Å². The third-order valence-corrected chi connectivity index (χ3v) is 8.68. The molecule has 0 spiro atoms. The molecule has 0 unspecified atom stereocenters. The second-order valence-electron chi connectivity index (χ2n) is 12.9. The van der Waals surface area contributed by atoms with Gasteiger partial charge in [0.2, 0.25) is 5.88 Å². The average Bonchev–Trinajstić information content (AvgIpc) is 3.11. The lowest BCUT2D eigenvalue weighted by molar-refractivity contribution is -0.206. The number of pyridine rings is 1. The first-order valence-electron chi connectivity index (χ1n) is 18.5. The van der Waals surface area contributed by atoms with Crippen LogP contribution in [0.2, 0.25) is 0 Å². The summed E-state index contributed by atoms with van der Waals surface area (Å²) in [5.41, 5.74) is 2.01. The number of alkyl halides is 3. The van der Waals surface area contributed by atoms with E-state index in [-0.39, 0.29) is 23.4 Å². The van der Waals surface area contributed by atoms with Crippen molar-refractivity contribution in [3.8, 4) is 22.8 Å². The zero-order chi connectivity index (χ0) is 36.0. The van der Waals surface area contributed by atoms with Crippen LogP contribution in [0.25, 0.3) is 11.1 Å². The first-order chi connectivity index (χ1) is 24.2. The normalized spacial score (nSPS) is 12.0. The van der Waals surface area contributed by atoms with Gasteiger partial charge in [0.05, 0.1) is 17.7 Å². The highest BCUT2D eigenvalue weighted by Gasteiger charge is 2.42. The lowest BCUT2D eigenvalue weighted by Gasteiger charge is -2.20. The second kappa shape index (κ2) is 22.8. The first-order valence-corrected chi connectivity index (χ1v) is 18.5. The summed E-state index contributed by atoms with van der Waals surface area (Å²) in [5, 5.41) is 0. The summed E-state index contributed by atoms with van der Waals surface area (Å²) in [6, 6.07) is 17.2. The van der Waals surface area contributed by atoms with E-state index in [9.17, 15) is 22.8 Å². The summed E-state index contributed by atoms with van der Waals surface area (Å²) in [5.74, 6) is -1.06. The third kappa shape index (κ3) is 15.3. The van der Waals surface area contributed by atoms with E-state index in [1.165, 1.54) is 69.9 Å². The van der Waals surface area contributed by atoms with Crippen LogP contribution in [-0.2, 0) is 4.74 Å². The number of esters is 2. The van der Waals surface area contributed by atoms with Crippen LogP contribution in [-0.4, -0.2) is 35.8 Å². The Hall–Kier alpha value is -3.88. The quantitative estimate of drug-likeness (QED) is 0.0685. The molecule has 0 saturated carbocycles. The molecular formula is C41H54F3NO5. The topological polar surface area (TPSA) is 74.7 Å². The standard InChI is InChI=1S/C41H54F3NO5/c1-3-5-7-9-11-12-13-14-16-18-30-48-36-27-24-33(25-28-36)32-20-22-34(23-21-32)39(46)50-38-29-26-35(31-45-38)40(47)49-37(41(42,43)44)19-17-15-10-8-6-4-2/h20-29,31,37H,3-19,30H2,1-2H3/t37-/m0/s1. The monoisotopic (exact) mass is 697 g/mol. The number of nitrogens with zero attached hydrogens (tertiary/aromatic N) is 1. The van der Waals surface area contributed by atoms with Crippen molar-refractivity contribution in [2.75, 3.05) is 6.61 Å². The predicted molar refractivity (Wildman–Crippen MR) is 192 cm³/mol. The summed E-state index contributed by atoms with van der Waals surface area (Å²) >= 11 is 0. The smallest absolute Gasteiger partial charge is 0.425 e. The van der Waals surface area contributed by atoms with Gasteiger partial charge in [0.15, 0.2) is 6.10 Å². The molecule has 9 heteroatoms. The van der Waals surface area contributed by atoms with Crippen LogP contribution in [0, 0.1) is 0 Å². The Bertz CT molecular complexity index is 1380. The number of hydrogen-bond acceptors (Lipinski definition) is 6.